The monoisotopic (exact) mass is 475 g/mol. The van der Waals surface area contributed by atoms with Crippen LogP contribution in [0.15, 0.2) is 24.3 Å². The van der Waals surface area contributed by atoms with Crippen molar-refractivity contribution >= 4 is 17.9 Å². The lowest BCUT2D eigenvalue weighted by Gasteiger charge is -2.35. The van der Waals surface area contributed by atoms with E-state index in [4.69, 9.17) is 4.74 Å². The summed E-state index contributed by atoms with van der Waals surface area (Å²) in [5.41, 5.74) is 1.05. The number of alkyl carbamates (subject to hydrolysis) is 1. The molecule has 7 heteroatoms. The van der Waals surface area contributed by atoms with Gasteiger partial charge in [0.25, 0.3) is 0 Å². The number of amides is 3. The van der Waals surface area contributed by atoms with Crippen LogP contribution in [0.4, 0.5) is 4.79 Å². The van der Waals surface area contributed by atoms with Gasteiger partial charge in [0.2, 0.25) is 11.8 Å². The van der Waals surface area contributed by atoms with E-state index in [1.54, 1.807) is 32.6 Å². The molecule has 0 radical (unpaired) electrons. The standard InChI is InChI=1S/C27H45N3O4/c1-9-11-14-18-30(25(32)21(5)29-26(33)34-27(6,7)8)23(22-17-13-12-16-19(22)3)24(31)28-20(4)15-10-2/h12-13,16-17,20-21,23H,9-11,14-15,18H2,1-8H3,(H,28,31)(H,29,33). The summed E-state index contributed by atoms with van der Waals surface area (Å²) in [6, 6.07) is 6.02. The third-order valence-corrected chi connectivity index (χ3v) is 5.54. The zero-order valence-corrected chi connectivity index (χ0v) is 22.4. The molecule has 3 unspecified atom stereocenters. The van der Waals surface area contributed by atoms with Crippen LogP contribution in [-0.2, 0) is 14.3 Å². The van der Waals surface area contributed by atoms with Crippen LogP contribution in [0.5, 0.6) is 0 Å². The van der Waals surface area contributed by atoms with Crippen LogP contribution < -0.4 is 10.6 Å². The van der Waals surface area contributed by atoms with Crippen LogP contribution in [0.3, 0.4) is 0 Å². The second-order valence-electron chi connectivity index (χ2n) is 10.1. The van der Waals surface area contributed by atoms with Gasteiger partial charge in [0.05, 0.1) is 0 Å². The molecule has 0 aromatic heterocycles. The molecule has 2 N–H and O–H groups in total. The number of carbonyl (C=O) groups is 3. The summed E-state index contributed by atoms with van der Waals surface area (Å²) in [6.07, 6.45) is 3.84. The van der Waals surface area contributed by atoms with Crippen molar-refractivity contribution in [2.75, 3.05) is 6.54 Å². The molecule has 1 rings (SSSR count). The first-order valence-corrected chi connectivity index (χ1v) is 12.6. The number of unbranched alkanes of at least 4 members (excludes halogenated alkanes) is 2. The van der Waals surface area contributed by atoms with Crippen LogP contribution >= 0.6 is 0 Å². The van der Waals surface area contributed by atoms with Crippen molar-refractivity contribution < 1.29 is 19.1 Å². The van der Waals surface area contributed by atoms with Crippen molar-refractivity contribution in [1.82, 2.24) is 15.5 Å². The average Bonchev–Trinajstić information content (AvgIpc) is 2.72. The van der Waals surface area contributed by atoms with Crippen LogP contribution in [0.2, 0.25) is 0 Å². The maximum Gasteiger partial charge on any atom is 0.408 e. The van der Waals surface area contributed by atoms with E-state index in [2.05, 4.69) is 24.5 Å². The Labute approximate surface area is 206 Å². The normalized spacial score (nSPS) is 14.0. The molecule has 0 aliphatic carbocycles. The van der Waals surface area contributed by atoms with Crippen molar-refractivity contribution in [2.45, 2.75) is 111 Å². The largest absolute Gasteiger partial charge is 0.444 e. The maximum atomic E-state index is 13.7. The first kappa shape index (κ1) is 29.5. The predicted octanol–water partition coefficient (Wildman–Crippen LogP) is 5.27. The average molecular weight is 476 g/mol. The van der Waals surface area contributed by atoms with Gasteiger partial charge in [-0.1, -0.05) is 57.4 Å². The number of nitrogens with one attached hydrogen (secondary N) is 2. The molecular weight excluding hydrogens is 430 g/mol. The van der Waals surface area contributed by atoms with Crippen molar-refractivity contribution in [3.8, 4) is 0 Å². The van der Waals surface area contributed by atoms with Gasteiger partial charge in [-0.05, 0) is 65.5 Å². The molecule has 1 aromatic rings. The van der Waals surface area contributed by atoms with Crippen LogP contribution in [0, 0.1) is 6.92 Å². The lowest BCUT2D eigenvalue weighted by Crippen LogP contribution is -2.53. The van der Waals surface area contributed by atoms with Gasteiger partial charge in [0.15, 0.2) is 0 Å². The summed E-state index contributed by atoms with van der Waals surface area (Å²) in [5.74, 6) is -0.516. The molecular formula is C27H45N3O4. The van der Waals surface area contributed by atoms with E-state index >= 15 is 0 Å². The van der Waals surface area contributed by atoms with E-state index in [1.165, 1.54) is 0 Å². The van der Waals surface area contributed by atoms with Gasteiger partial charge in [-0.3, -0.25) is 9.59 Å². The fourth-order valence-corrected chi connectivity index (χ4v) is 3.86. The Balaban J connectivity index is 3.32. The Morgan fingerprint density at radius 3 is 2.21 bits per heavy atom. The third kappa shape index (κ3) is 9.74. The highest BCUT2D eigenvalue weighted by molar-refractivity contribution is 5.92. The lowest BCUT2D eigenvalue weighted by atomic mass is 9.97. The highest BCUT2D eigenvalue weighted by Gasteiger charge is 2.35. The molecule has 0 fully saturated rings. The summed E-state index contributed by atoms with van der Waals surface area (Å²) < 4.78 is 5.33. The smallest absolute Gasteiger partial charge is 0.408 e. The zero-order chi connectivity index (χ0) is 25.9. The van der Waals surface area contributed by atoms with Gasteiger partial charge in [0.1, 0.15) is 17.7 Å². The molecule has 0 heterocycles. The second-order valence-corrected chi connectivity index (χ2v) is 10.1. The summed E-state index contributed by atoms with van der Waals surface area (Å²) in [7, 11) is 0. The van der Waals surface area contributed by atoms with Gasteiger partial charge in [-0.2, -0.15) is 0 Å². The minimum absolute atomic E-state index is 0.00563. The molecule has 0 bridgehead atoms. The number of aryl methyl sites for hydroxylation is 1. The van der Waals surface area contributed by atoms with Crippen molar-refractivity contribution in [1.29, 1.82) is 0 Å². The number of hydrogen-bond donors (Lipinski definition) is 2. The lowest BCUT2D eigenvalue weighted by molar-refractivity contribution is -0.142. The first-order chi connectivity index (χ1) is 15.9. The van der Waals surface area contributed by atoms with Crippen molar-refractivity contribution in [3.05, 3.63) is 35.4 Å². The van der Waals surface area contributed by atoms with Crippen LogP contribution in [0.1, 0.15) is 97.7 Å². The zero-order valence-electron chi connectivity index (χ0n) is 22.4. The van der Waals surface area contributed by atoms with E-state index in [9.17, 15) is 14.4 Å². The molecule has 7 nitrogen and oxygen atoms in total. The van der Waals surface area contributed by atoms with Crippen molar-refractivity contribution in [3.63, 3.8) is 0 Å². The topological polar surface area (TPSA) is 87.7 Å². The Morgan fingerprint density at radius 1 is 1.00 bits per heavy atom. The maximum absolute atomic E-state index is 13.7. The van der Waals surface area contributed by atoms with Gasteiger partial charge in [0, 0.05) is 12.6 Å². The molecule has 3 amide bonds. The Kier molecular flexibility index (Phi) is 12.1. The summed E-state index contributed by atoms with van der Waals surface area (Å²) in [5, 5.41) is 5.74. The molecule has 34 heavy (non-hydrogen) atoms. The molecule has 0 spiro atoms. The molecule has 192 valence electrons. The van der Waals surface area contributed by atoms with E-state index in [-0.39, 0.29) is 17.9 Å². The minimum Gasteiger partial charge on any atom is -0.444 e. The first-order valence-electron chi connectivity index (χ1n) is 12.6. The number of hydrogen-bond acceptors (Lipinski definition) is 4. The SMILES string of the molecule is CCCCCN(C(=O)C(C)NC(=O)OC(C)(C)C)C(C(=O)NC(C)CCC)c1ccccc1C. The molecule has 1 aromatic carbocycles. The van der Waals surface area contributed by atoms with Gasteiger partial charge < -0.3 is 20.3 Å². The molecule has 0 aliphatic rings. The summed E-state index contributed by atoms with van der Waals surface area (Å²) >= 11 is 0. The minimum atomic E-state index is -0.844. The third-order valence-electron chi connectivity index (χ3n) is 5.54. The second kappa shape index (κ2) is 14.0. The Morgan fingerprint density at radius 2 is 1.65 bits per heavy atom. The van der Waals surface area contributed by atoms with Gasteiger partial charge >= 0.3 is 6.09 Å². The molecule has 0 aliphatic heterocycles. The number of nitrogens with zero attached hydrogens (tertiary/aromatic N) is 1. The fourth-order valence-electron chi connectivity index (χ4n) is 3.86. The van der Waals surface area contributed by atoms with Gasteiger partial charge in [-0.25, -0.2) is 4.79 Å². The van der Waals surface area contributed by atoms with E-state index in [0.717, 1.165) is 43.2 Å². The molecule has 0 saturated heterocycles. The Bertz CT molecular complexity index is 803. The number of rotatable bonds is 12. The van der Waals surface area contributed by atoms with Crippen LogP contribution in [-0.4, -0.2) is 47.0 Å². The summed E-state index contributed by atoms with van der Waals surface area (Å²) in [4.78, 5) is 41.2. The quantitative estimate of drug-likeness (QED) is 0.403. The highest BCUT2D eigenvalue weighted by atomic mass is 16.6. The predicted molar refractivity (Wildman–Crippen MR) is 137 cm³/mol. The van der Waals surface area contributed by atoms with E-state index < -0.39 is 23.8 Å². The highest BCUT2D eigenvalue weighted by Crippen LogP contribution is 2.26. The van der Waals surface area contributed by atoms with Gasteiger partial charge in [-0.15, -0.1) is 0 Å². The number of benzene rings is 1. The number of ether oxygens (including phenoxy) is 1. The summed E-state index contributed by atoms with van der Waals surface area (Å²) in [6.45, 7) is 15.5. The van der Waals surface area contributed by atoms with E-state index in [1.807, 2.05) is 38.1 Å². The molecule has 0 saturated carbocycles. The van der Waals surface area contributed by atoms with Crippen LogP contribution in [0.25, 0.3) is 0 Å². The fraction of sp³-hybridized carbons (Fsp3) is 0.667. The van der Waals surface area contributed by atoms with E-state index in [0.29, 0.717) is 6.54 Å². The number of carbonyl (C=O) groups excluding carboxylic acids is 3. The Hall–Kier alpha value is -2.57. The molecule has 3 atom stereocenters. The van der Waals surface area contributed by atoms with Crippen molar-refractivity contribution in [2.24, 2.45) is 0 Å².